The number of Topliss-reactive ketones (excluding diaryl/α,β-unsaturated/α-hetero) is 1. The molecule has 0 saturated carbocycles. The SMILES string of the molecule is CCOC(=O)C1(O)C[N+]2(CC(=O)c3ccc(Br)cc3)CCC1CC2.[Cl-]. The van der Waals surface area contributed by atoms with Crippen LogP contribution in [-0.4, -0.2) is 59.7 Å². The van der Waals surface area contributed by atoms with Crippen LogP contribution < -0.4 is 12.4 Å². The second-order valence-corrected chi connectivity index (χ2v) is 7.87. The molecule has 3 saturated heterocycles. The quantitative estimate of drug-likeness (QED) is 0.375. The van der Waals surface area contributed by atoms with Gasteiger partial charge in [-0.1, -0.05) is 28.1 Å². The van der Waals surface area contributed by atoms with Crippen molar-refractivity contribution in [1.29, 1.82) is 0 Å². The maximum absolute atomic E-state index is 12.7. The fourth-order valence-corrected chi connectivity index (χ4v) is 4.39. The molecule has 0 spiro atoms. The second-order valence-electron chi connectivity index (χ2n) is 6.95. The molecule has 3 fully saturated rings. The molecule has 1 aromatic carbocycles. The molecule has 3 aliphatic heterocycles. The topological polar surface area (TPSA) is 63.6 Å². The van der Waals surface area contributed by atoms with Crippen molar-refractivity contribution in [2.75, 3.05) is 32.8 Å². The average molecular weight is 433 g/mol. The number of benzene rings is 1. The number of nitrogens with zero attached hydrogens (tertiary/aromatic N) is 1. The summed E-state index contributed by atoms with van der Waals surface area (Å²) in [4.78, 5) is 25.0. The van der Waals surface area contributed by atoms with Crippen LogP contribution in [0, 0.1) is 5.92 Å². The highest BCUT2D eigenvalue weighted by molar-refractivity contribution is 9.10. The van der Waals surface area contributed by atoms with Crippen LogP contribution in [-0.2, 0) is 9.53 Å². The highest BCUT2D eigenvalue weighted by Crippen LogP contribution is 2.41. The van der Waals surface area contributed by atoms with Gasteiger partial charge in [-0.05, 0) is 19.1 Å². The molecular formula is C18H23BrClNO4. The van der Waals surface area contributed by atoms with Gasteiger partial charge in [-0.25, -0.2) is 4.79 Å². The maximum Gasteiger partial charge on any atom is 0.344 e. The number of piperidine rings is 3. The third kappa shape index (κ3) is 3.92. The Morgan fingerprint density at radius 1 is 1.28 bits per heavy atom. The van der Waals surface area contributed by atoms with E-state index >= 15 is 0 Å². The number of hydrogen-bond donors (Lipinski definition) is 1. The summed E-state index contributed by atoms with van der Waals surface area (Å²) in [6.45, 7) is 4.24. The molecule has 0 amide bonds. The van der Waals surface area contributed by atoms with Crippen molar-refractivity contribution >= 4 is 27.7 Å². The minimum Gasteiger partial charge on any atom is -1.00 e. The van der Waals surface area contributed by atoms with Gasteiger partial charge in [0.15, 0.2) is 0 Å². The third-order valence-corrected chi connectivity index (χ3v) is 5.96. The van der Waals surface area contributed by atoms with Crippen LogP contribution in [0.4, 0.5) is 0 Å². The van der Waals surface area contributed by atoms with Gasteiger partial charge >= 0.3 is 5.97 Å². The van der Waals surface area contributed by atoms with Crippen molar-refractivity contribution < 1.29 is 36.3 Å². The van der Waals surface area contributed by atoms with Crippen molar-refractivity contribution in [3.05, 3.63) is 34.3 Å². The number of hydrogen-bond acceptors (Lipinski definition) is 4. The normalized spacial score (nSPS) is 30.4. The summed E-state index contributed by atoms with van der Waals surface area (Å²) in [6, 6.07) is 7.31. The monoisotopic (exact) mass is 431 g/mol. The van der Waals surface area contributed by atoms with Crippen LogP contribution >= 0.6 is 15.9 Å². The number of rotatable bonds is 5. The number of aliphatic hydroxyl groups is 1. The van der Waals surface area contributed by atoms with E-state index in [2.05, 4.69) is 15.9 Å². The van der Waals surface area contributed by atoms with E-state index in [4.69, 9.17) is 4.74 Å². The van der Waals surface area contributed by atoms with Crippen LogP contribution in [0.5, 0.6) is 0 Å². The molecule has 1 aromatic rings. The summed E-state index contributed by atoms with van der Waals surface area (Å²) in [6.07, 6.45) is 1.51. The minimum atomic E-state index is -1.45. The second kappa shape index (κ2) is 7.74. The molecule has 1 atom stereocenters. The Bertz CT molecular complexity index is 643. The number of ether oxygens (including phenoxy) is 1. The van der Waals surface area contributed by atoms with E-state index in [9.17, 15) is 14.7 Å². The van der Waals surface area contributed by atoms with Crippen LogP contribution in [0.1, 0.15) is 30.1 Å². The van der Waals surface area contributed by atoms with Crippen molar-refractivity contribution in [2.45, 2.75) is 25.4 Å². The molecule has 7 heteroatoms. The Balaban J connectivity index is 0.00000225. The summed E-state index contributed by atoms with van der Waals surface area (Å²) in [5.41, 5.74) is -0.787. The molecule has 2 bridgehead atoms. The van der Waals surface area contributed by atoms with Gasteiger partial charge in [0.05, 0.1) is 19.7 Å². The van der Waals surface area contributed by atoms with Gasteiger partial charge in [-0.2, -0.15) is 0 Å². The van der Waals surface area contributed by atoms with Gasteiger partial charge in [0.25, 0.3) is 0 Å². The van der Waals surface area contributed by atoms with Gasteiger partial charge < -0.3 is 26.7 Å². The van der Waals surface area contributed by atoms with Crippen LogP contribution in [0.3, 0.4) is 0 Å². The Hall–Kier alpha value is -0.950. The predicted octanol–water partition coefficient (Wildman–Crippen LogP) is -0.830. The largest absolute Gasteiger partial charge is 1.00 e. The van der Waals surface area contributed by atoms with Crippen LogP contribution in [0.2, 0.25) is 0 Å². The first kappa shape index (κ1) is 20.4. The predicted molar refractivity (Wildman–Crippen MR) is 92.5 cm³/mol. The van der Waals surface area contributed by atoms with Crippen molar-refractivity contribution in [3.8, 4) is 0 Å². The van der Waals surface area contributed by atoms with E-state index < -0.39 is 11.6 Å². The number of carbonyl (C=O) groups excluding carboxylic acids is 2. The van der Waals surface area contributed by atoms with Gasteiger partial charge in [-0.3, -0.25) is 4.79 Å². The van der Waals surface area contributed by atoms with Crippen molar-refractivity contribution in [3.63, 3.8) is 0 Å². The molecule has 3 heterocycles. The maximum atomic E-state index is 12.7. The lowest BCUT2D eigenvalue weighted by molar-refractivity contribution is -0.941. The van der Waals surface area contributed by atoms with Gasteiger partial charge in [-0.15, -0.1) is 0 Å². The zero-order chi connectivity index (χ0) is 17.4. The lowest BCUT2D eigenvalue weighted by atomic mass is 9.73. The summed E-state index contributed by atoms with van der Waals surface area (Å²) in [5, 5.41) is 10.9. The van der Waals surface area contributed by atoms with Crippen LogP contribution in [0.15, 0.2) is 28.7 Å². The number of carbonyl (C=O) groups is 2. The van der Waals surface area contributed by atoms with Crippen molar-refractivity contribution in [1.82, 2.24) is 0 Å². The van der Waals surface area contributed by atoms with E-state index in [0.29, 0.717) is 16.6 Å². The summed E-state index contributed by atoms with van der Waals surface area (Å²) < 4.78 is 6.50. The van der Waals surface area contributed by atoms with Crippen molar-refractivity contribution in [2.24, 2.45) is 5.92 Å². The minimum absolute atomic E-state index is 0. The summed E-state index contributed by atoms with van der Waals surface area (Å²) >= 11 is 3.37. The van der Waals surface area contributed by atoms with E-state index in [-0.39, 0.29) is 37.3 Å². The first-order valence-corrected chi connectivity index (χ1v) is 9.21. The fourth-order valence-electron chi connectivity index (χ4n) is 4.12. The number of esters is 1. The van der Waals surface area contributed by atoms with Gasteiger partial charge in [0, 0.05) is 28.8 Å². The molecule has 138 valence electrons. The molecule has 3 aliphatic rings. The first-order valence-electron chi connectivity index (χ1n) is 8.42. The van der Waals surface area contributed by atoms with Gasteiger partial charge in [0.1, 0.15) is 13.1 Å². The molecule has 4 rings (SSSR count). The molecular weight excluding hydrogens is 410 g/mol. The van der Waals surface area contributed by atoms with Crippen LogP contribution in [0.25, 0.3) is 0 Å². The molecule has 1 N–H and O–H groups in total. The Morgan fingerprint density at radius 3 is 2.44 bits per heavy atom. The molecule has 25 heavy (non-hydrogen) atoms. The number of halogens is 2. The highest BCUT2D eigenvalue weighted by atomic mass is 79.9. The summed E-state index contributed by atoms with van der Waals surface area (Å²) in [7, 11) is 0. The molecule has 0 radical (unpaired) electrons. The molecule has 0 aromatic heterocycles. The van der Waals surface area contributed by atoms with E-state index in [1.54, 1.807) is 19.1 Å². The average Bonchev–Trinajstić information content (AvgIpc) is 2.56. The Labute approximate surface area is 162 Å². The van der Waals surface area contributed by atoms with E-state index in [1.165, 1.54) is 0 Å². The number of fused-ring (bicyclic) bond motifs is 3. The first-order chi connectivity index (χ1) is 11.4. The summed E-state index contributed by atoms with van der Waals surface area (Å²) in [5.74, 6) is -0.540. The lowest BCUT2D eigenvalue weighted by Crippen LogP contribution is -3.00. The highest BCUT2D eigenvalue weighted by Gasteiger charge is 2.59. The van der Waals surface area contributed by atoms with E-state index in [0.717, 1.165) is 30.4 Å². The zero-order valence-corrected chi connectivity index (χ0v) is 16.6. The Kier molecular flexibility index (Phi) is 6.30. The van der Waals surface area contributed by atoms with Gasteiger partial charge in [0.2, 0.25) is 11.4 Å². The third-order valence-electron chi connectivity index (χ3n) is 5.43. The molecule has 5 nitrogen and oxygen atoms in total. The molecule has 0 aliphatic carbocycles. The lowest BCUT2D eigenvalue weighted by Gasteiger charge is -2.54. The zero-order valence-electron chi connectivity index (χ0n) is 14.2. The number of quaternary nitrogens is 1. The fraction of sp³-hybridized carbons (Fsp3) is 0.556. The number of ketones is 1. The Morgan fingerprint density at radius 2 is 1.88 bits per heavy atom. The van der Waals surface area contributed by atoms with E-state index in [1.807, 2.05) is 12.1 Å². The standard InChI is InChI=1S/C18H23BrNO4.ClH/c1-2-24-17(22)18(23)12-20(9-7-14(18)8-10-20)11-16(21)13-3-5-15(19)6-4-13;/h3-6,14,23H,2,7-12H2,1H3;1H/q+1;/p-1. The molecule has 1 unspecified atom stereocenters. The smallest absolute Gasteiger partial charge is 0.344 e.